The van der Waals surface area contributed by atoms with E-state index in [2.05, 4.69) is 20.6 Å². The molecule has 1 aliphatic carbocycles. The van der Waals surface area contributed by atoms with Gasteiger partial charge in [-0.2, -0.15) is 15.3 Å². The van der Waals surface area contributed by atoms with Crippen molar-refractivity contribution in [2.24, 2.45) is 5.73 Å². The molecule has 44 heavy (non-hydrogen) atoms. The van der Waals surface area contributed by atoms with Crippen LogP contribution in [0.3, 0.4) is 0 Å². The average Bonchev–Trinajstić information content (AvgIpc) is 3.62. The molecule has 4 aromatic rings. The largest absolute Gasteiger partial charge is 0.371 e. The first-order valence-corrected chi connectivity index (χ1v) is 14.8. The highest BCUT2D eigenvalue weighted by atomic mass is 19.1. The van der Waals surface area contributed by atoms with Crippen molar-refractivity contribution in [3.8, 4) is 11.1 Å². The van der Waals surface area contributed by atoms with Gasteiger partial charge in [-0.25, -0.2) is 4.39 Å². The molecule has 11 nitrogen and oxygen atoms in total. The van der Waals surface area contributed by atoms with Gasteiger partial charge in [-0.1, -0.05) is 49.2 Å². The Morgan fingerprint density at radius 2 is 1.84 bits per heavy atom. The average molecular weight is 600 g/mol. The molecule has 3 N–H and O–H groups in total. The van der Waals surface area contributed by atoms with E-state index in [0.717, 1.165) is 42.4 Å². The molecule has 1 unspecified atom stereocenters. The van der Waals surface area contributed by atoms with Crippen LogP contribution in [0.2, 0.25) is 0 Å². The molecule has 4 atom stereocenters. The van der Waals surface area contributed by atoms with E-state index < -0.39 is 29.9 Å². The number of halogens is 1. The number of carbonyl (C=O) groups is 3. The Morgan fingerprint density at radius 1 is 1.02 bits per heavy atom. The van der Waals surface area contributed by atoms with Crippen molar-refractivity contribution in [2.45, 2.75) is 69.6 Å². The lowest BCUT2D eigenvalue weighted by molar-refractivity contribution is -0.140. The molecule has 1 saturated carbocycles. The zero-order valence-electron chi connectivity index (χ0n) is 24.1. The maximum absolute atomic E-state index is 14.7. The molecular formula is C32H34FN7O4. The molecule has 228 valence electrons. The Labute approximate surface area is 253 Å². The Hall–Kier alpha value is -4.71. The van der Waals surface area contributed by atoms with Crippen LogP contribution >= 0.6 is 0 Å². The number of benzene rings is 2. The summed E-state index contributed by atoms with van der Waals surface area (Å²) in [7, 11) is 0. The summed E-state index contributed by atoms with van der Waals surface area (Å²) in [5.74, 6) is -1.61. The Balaban J connectivity index is 1.17. The van der Waals surface area contributed by atoms with Crippen molar-refractivity contribution in [3.63, 3.8) is 0 Å². The van der Waals surface area contributed by atoms with Crippen LogP contribution in [-0.4, -0.2) is 73.5 Å². The van der Waals surface area contributed by atoms with Gasteiger partial charge in [0.05, 0.1) is 43.2 Å². The van der Waals surface area contributed by atoms with Crippen molar-refractivity contribution in [1.29, 1.82) is 0 Å². The number of nitrogens with zero attached hydrogens (tertiary/aromatic N) is 5. The number of alkyl halides is 1. The summed E-state index contributed by atoms with van der Waals surface area (Å²) in [5, 5.41) is 15.6. The van der Waals surface area contributed by atoms with E-state index in [4.69, 9.17) is 10.5 Å². The molecule has 0 radical (unpaired) electrons. The fourth-order valence-electron chi connectivity index (χ4n) is 6.17. The third kappa shape index (κ3) is 6.30. The number of hydrogen-bond donors (Lipinski definition) is 2. The molecular weight excluding hydrogens is 565 g/mol. The maximum Gasteiger partial charge on any atom is 0.269 e. The van der Waals surface area contributed by atoms with Crippen molar-refractivity contribution in [3.05, 3.63) is 78.2 Å². The highest BCUT2D eigenvalue weighted by Gasteiger charge is 2.41. The van der Waals surface area contributed by atoms with Gasteiger partial charge in [0.15, 0.2) is 5.69 Å². The Morgan fingerprint density at radius 3 is 2.61 bits per heavy atom. The predicted octanol–water partition coefficient (Wildman–Crippen LogP) is 3.18. The molecule has 3 heterocycles. The van der Waals surface area contributed by atoms with E-state index >= 15 is 0 Å². The number of fused-ring (bicyclic) bond motifs is 1. The first-order chi connectivity index (χ1) is 21.4. The van der Waals surface area contributed by atoms with Gasteiger partial charge >= 0.3 is 0 Å². The van der Waals surface area contributed by atoms with Crippen LogP contribution in [-0.2, 0) is 27.5 Å². The zero-order valence-corrected chi connectivity index (χ0v) is 24.1. The van der Waals surface area contributed by atoms with Gasteiger partial charge in [0.25, 0.3) is 5.91 Å². The first kappa shape index (κ1) is 29.4. The molecule has 6 rings (SSSR count). The highest BCUT2D eigenvalue weighted by molar-refractivity contribution is 6.05. The first-order valence-electron chi connectivity index (χ1n) is 14.8. The number of rotatable bonds is 9. The molecule has 2 aromatic heterocycles. The second-order valence-electron chi connectivity index (χ2n) is 11.4. The van der Waals surface area contributed by atoms with Gasteiger partial charge < -0.3 is 20.7 Å². The van der Waals surface area contributed by atoms with Crippen LogP contribution in [0, 0.1) is 0 Å². The van der Waals surface area contributed by atoms with Crippen LogP contribution < -0.4 is 11.1 Å². The van der Waals surface area contributed by atoms with Gasteiger partial charge in [-0.3, -0.25) is 19.1 Å². The SMILES string of the molecule is NC(=O)c1nn(CC(=O)N2C[C@H](F)CC2C(=O)N[C@H]2CCCC[C@@H]2OCc2ccccc2)c2ccc(-c3ccnnc3)cc12. The van der Waals surface area contributed by atoms with Crippen LogP contribution in [0.25, 0.3) is 22.0 Å². The molecule has 12 heteroatoms. The minimum absolute atomic E-state index is 0.00888. The number of primary amides is 1. The summed E-state index contributed by atoms with van der Waals surface area (Å²) in [6.45, 7) is -0.0518. The predicted molar refractivity (Wildman–Crippen MR) is 160 cm³/mol. The Bertz CT molecular complexity index is 1650. The van der Waals surface area contributed by atoms with Gasteiger partial charge in [-0.05, 0) is 42.2 Å². The van der Waals surface area contributed by atoms with Crippen molar-refractivity contribution < 1.29 is 23.5 Å². The minimum Gasteiger partial charge on any atom is -0.371 e. The van der Waals surface area contributed by atoms with E-state index in [0.29, 0.717) is 17.5 Å². The van der Waals surface area contributed by atoms with E-state index in [1.165, 1.54) is 9.58 Å². The number of likely N-dealkylation sites (tertiary alicyclic amines) is 1. The zero-order chi connectivity index (χ0) is 30.6. The summed E-state index contributed by atoms with van der Waals surface area (Å²) in [4.78, 5) is 40.6. The molecule has 1 aliphatic heterocycles. The Kier molecular flexibility index (Phi) is 8.60. The van der Waals surface area contributed by atoms with Gasteiger partial charge in [0.2, 0.25) is 11.8 Å². The topological polar surface area (TPSA) is 145 Å². The second kappa shape index (κ2) is 12.9. The fraction of sp³-hybridized carbons (Fsp3) is 0.375. The van der Waals surface area contributed by atoms with Gasteiger partial charge in [-0.15, -0.1) is 0 Å². The fourth-order valence-corrected chi connectivity index (χ4v) is 6.17. The van der Waals surface area contributed by atoms with Crippen LogP contribution in [0.1, 0.15) is 48.2 Å². The maximum atomic E-state index is 14.7. The number of aromatic nitrogens is 4. The van der Waals surface area contributed by atoms with Crippen molar-refractivity contribution in [2.75, 3.05) is 6.54 Å². The molecule has 2 aromatic carbocycles. The molecule has 3 amide bonds. The molecule has 2 aliphatic rings. The lowest BCUT2D eigenvalue weighted by atomic mass is 9.92. The summed E-state index contributed by atoms with van der Waals surface area (Å²) in [6.07, 6.45) is 5.06. The summed E-state index contributed by atoms with van der Waals surface area (Å²) < 4.78 is 22.3. The number of nitrogens with one attached hydrogen (secondary N) is 1. The standard InChI is InChI=1S/C32H34FN7O4/c33-23-15-27(32(43)37-25-8-4-5-9-28(25)44-19-20-6-2-1-3-7-20)39(17-23)29(41)18-40-26-11-10-21(22-12-13-35-36-16-22)14-24(26)30(38-40)31(34)42/h1-3,6-7,10-14,16,23,25,27-28H,4-5,8-9,15,17-19H2,(H2,34,42)(H,37,43)/t23-,25+,27?,28+/m1/s1. The van der Waals surface area contributed by atoms with E-state index in [-0.39, 0.29) is 37.4 Å². The van der Waals surface area contributed by atoms with E-state index in [1.54, 1.807) is 30.6 Å². The van der Waals surface area contributed by atoms with Crippen molar-refractivity contribution >= 4 is 28.6 Å². The van der Waals surface area contributed by atoms with Gasteiger partial charge in [0.1, 0.15) is 18.8 Å². The highest BCUT2D eigenvalue weighted by Crippen LogP contribution is 2.28. The van der Waals surface area contributed by atoms with Gasteiger partial charge in [0, 0.05) is 17.4 Å². The number of ether oxygens (including phenoxy) is 1. The lowest BCUT2D eigenvalue weighted by Crippen LogP contribution is -2.53. The summed E-state index contributed by atoms with van der Waals surface area (Å²) in [6, 6.07) is 15.7. The van der Waals surface area contributed by atoms with Crippen LogP contribution in [0.5, 0.6) is 0 Å². The summed E-state index contributed by atoms with van der Waals surface area (Å²) in [5.41, 5.74) is 8.74. The van der Waals surface area contributed by atoms with E-state index in [1.807, 2.05) is 36.4 Å². The minimum atomic E-state index is -1.33. The third-order valence-corrected chi connectivity index (χ3v) is 8.40. The van der Waals surface area contributed by atoms with Crippen molar-refractivity contribution in [1.82, 2.24) is 30.2 Å². The number of carbonyl (C=O) groups excluding carboxylic acids is 3. The normalized spacial score (nSPS) is 21.8. The van der Waals surface area contributed by atoms with Crippen LogP contribution in [0.4, 0.5) is 4.39 Å². The monoisotopic (exact) mass is 599 g/mol. The quantitative estimate of drug-likeness (QED) is 0.301. The van der Waals surface area contributed by atoms with E-state index in [9.17, 15) is 18.8 Å². The number of hydrogen-bond acceptors (Lipinski definition) is 7. The van der Waals surface area contributed by atoms with Crippen LogP contribution in [0.15, 0.2) is 67.0 Å². The third-order valence-electron chi connectivity index (χ3n) is 8.40. The number of amides is 3. The second-order valence-corrected chi connectivity index (χ2v) is 11.4. The molecule has 0 bridgehead atoms. The number of nitrogens with two attached hydrogens (primary N) is 1. The molecule has 1 saturated heterocycles. The summed E-state index contributed by atoms with van der Waals surface area (Å²) >= 11 is 0. The molecule has 0 spiro atoms. The smallest absolute Gasteiger partial charge is 0.269 e. The lowest BCUT2D eigenvalue weighted by Gasteiger charge is -2.34. The molecule has 2 fully saturated rings.